The van der Waals surface area contributed by atoms with Gasteiger partial charge in [-0.2, -0.15) is 0 Å². The summed E-state index contributed by atoms with van der Waals surface area (Å²) in [5.74, 6) is -3.75. The van der Waals surface area contributed by atoms with E-state index in [2.05, 4.69) is 18.5 Å². The summed E-state index contributed by atoms with van der Waals surface area (Å²) < 4.78 is 12.9. The van der Waals surface area contributed by atoms with Crippen molar-refractivity contribution in [3.63, 3.8) is 0 Å². The fraction of sp³-hybridized carbons (Fsp3) is 0.366. The van der Waals surface area contributed by atoms with Gasteiger partial charge < -0.3 is 29.7 Å². The summed E-state index contributed by atoms with van der Waals surface area (Å²) in [6, 6.07) is 23.4. The van der Waals surface area contributed by atoms with Crippen LogP contribution in [0.1, 0.15) is 42.9 Å². The van der Waals surface area contributed by atoms with Gasteiger partial charge in [0.2, 0.25) is 11.8 Å². The first-order chi connectivity index (χ1) is 25.2. The third kappa shape index (κ3) is 7.28. The number of carbonyl (C=O) groups is 4. The SMILES string of the molecule is C=CCCC(=O)NC[C@@H](OC(=O)[C@@H]1[C@H]2C(=O)N([C@@H](CO)Cc3ccccc3)[C@H](C(=O)N(CC=C)c3ccc(Cl)cc3)[C@]23CC[C@H]1O3)c1ccccc1. The van der Waals surface area contributed by atoms with Crippen molar-refractivity contribution in [1.82, 2.24) is 10.2 Å². The highest BCUT2D eigenvalue weighted by Crippen LogP contribution is 2.59. The summed E-state index contributed by atoms with van der Waals surface area (Å²) in [4.78, 5) is 59.7. The first kappa shape index (κ1) is 37.0. The van der Waals surface area contributed by atoms with Crippen molar-refractivity contribution in [2.24, 2.45) is 11.8 Å². The number of nitrogens with zero attached hydrogens (tertiary/aromatic N) is 2. The quantitative estimate of drug-likeness (QED) is 0.154. The Hall–Kier alpha value is -4.77. The van der Waals surface area contributed by atoms with E-state index in [-0.39, 0.29) is 31.8 Å². The Morgan fingerprint density at radius 1 is 1.04 bits per heavy atom. The molecule has 0 aliphatic carbocycles. The molecule has 3 aliphatic rings. The van der Waals surface area contributed by atoms with Crippen molar-refractivity contribution in [2.45, 2.75) is 62.0 Å². The average Bonchev–Trinajstić information content (AvgIpc) is 3.82. The van der Waals surface area contributed by atoms with Gasteiger partial charge in [-0.05, 0) is 61.1 Å². The number of fused-ring (bicyclic) bond motifs is 1. The smallest absolute Gasteiger partial charge is 0.313 e. The second-order valence-corrected chi connectivity index (χ2v) is 13.9. The number of hydrogen-bond acceptors (Lipinski definition) is 7. The number of amides is 3. The lowest BCUT2D eigenvalue weighted by Crippen LogP contribution is -2.59. The second-order valence-electron chi connectivity index (χ2n) is 13.5. The zero-order valence-electron chi connectivity index (χ0n) is 28.9. The molecule has 0 unspecified atom stereocenters. The number of benzene rings is 3. The third-order valence-corrected chi connectivity index (χ3v) is 10.6. The number of ether oxygens (including phenoxy) is 2. The van der Waals surface area contributed by atoms with Crippen LogP contribution in [0.5, 0.6) is 0 Å². The molecule has 2 N–H and O–H groups in total. The molecule has 11 heteroatoms. The standard InChI is InChI=1S/C41H44ClN3O7/c1-3-5-16-34(47)43-25-33(28-14-10-7-11-15-28)51-40(50)35-32-21-22-41(52-32)36(35)38(48)45(31(26-46)24-27-12-8-6-9-13-27)37(41)39(49)44(23-4-2)30-19-17-29(42)18-20-30/h3-4,6-15,17-20,31-33,35-37,46H,1-2,5,16,21-26H2,(H,43,47)/t31-,32-,33-,35+,36+,37-,41+/m1/s1. The van der Waals surface area contributed by atoms with E-state index in [1.54, 1.807) is 36.4 Å². The highest BCUT2D eigenvalue weighted by molar-refractivity contribution is 6.30. The minimum atomic E-state index is -1.35. The molecule has 3 aromatic rings. The van der Waals surface area contributed by atoms with Crippen LogP contribution >= 0.6 is 11.6 Å². The van der Waals surface area contributed by atoms with Crippen molar-refractivity contribution in [3.05, 3.63) is 126 Å². The second kappa shape index (κ2) is 16.3. The van der Waals surface area contributed by atoms with Crippen LogP contribution in [0.4, 0.5) is 5.69 Å². The normalized spacial score (nSPS) is 24.1. The van der Waals surface area contributed by atoms with E-state index >= 15 is 0 Å². The van der Waals surface area contributed by atoms with E-state index < -0.39 is 66.1 Å². The van der Waals surface area contributed by atoms with E-state index in [1.165, 1.54) is 9.80 Å². The number of halogens is 1. The summed E-state index contributed by atoms with van der Waals surface area (Å²) in [5.41, 5.74) is 0.754. The minimum absolute atomic E-state index is 0.0300. The van der Waals surface area contributed by atoms with Crippen LogP contribution in [-0.4, -0.2) is 77.2 Å². The highest BCUT2D eigenvalue weighted by Gasteiger charge is 2.75. The van der Waals surface area contributed by atoms with Crippen LogP contribution in [-0.2, 0) is 35.1 Å². The molecule has 0 aromatic heterocycles. The third-order valence-electron chi connectivity index (χ3n) is 10.4. The van der Waals surface area contributed by atoms with Gasteiger partial charge in [0.15, 0.2) is 0 Å². The molecule has 3 aliphatic heterocycles. The highest BCUT2D eigenvalue weighted by atomic mass is 35.5. The number of rotatable bonds is 16. The summed E-state index contributed by atoms with van der Waals surface area (Å²) in [6.45, 7) is 7.28. The molecule has 6 rings (SSSR count). The van der Waals surface area contributed by atoms with Gasteiger partial charge in [-0.1, -0.05) is 84.4 Å². The van der Waals surface area contributed by atoms with Gasteiger partial charge in [-0.3, -0.25) is 19.2 Å². The van der Waals surface area contributed by atoms with Crippen LogP contribution < -0.4 is 10.2 Å². The molecule has 1 spiro atoms. The number of carbonyl (C=O) groups excluding carboxylic acids is 4. The Morgan fingerprint density at radius 3 is 2.38 bits per heavy atom. The number of aliphatic hydroxyl groups is 1. The molecule has 3 aromatic carbocycles. The predicted octanol–water partition coefficient (Wildman–Crippen LogP) is 5.20. The van der Waals surface area contributed by atoms with E-state index in [0.29, 0.717) is 35.5 Å². The topological polar surface area (TPSA) is 125 Å². The number of aliphatic hydroxyl groups excluding tert-OH is 1. The number of hydrogen-bond donors (Lipinski definition) is 2. The van der Waals surface area contributed by atoms with Crippen molar-refractivity contribution in [3.8, 4) is 0 Å². The first-order valence-electron chi connectivity index (χ1n) is 17.7. The van der Waals surface area contributed by atoms with Gasteiger partial charge in [0.05, 0.1) is 37.1 Å². The molecule has 3 amide bonds. The zero-order chi connectivity index (χ0) is 36.8. The van der Waals surface area contributed by atoms with Crippen molar-refractivity contribution >= 4 is 41.0 Å². The van der Waals surface area contributed by atoms with E-state index in [1.807, 2.05) is 60.7 Å². The molecule has 2 bridgehead atoms. The monoisotopic (exact) mass is 725 g/mol. The maximum Gasteiger partial charge on any atom is 0.313 e. The molecule has 7 atom stereocenters. The molecule has 3 heterocycles. The predicted molar refractivity (Wildman–Crippen MR) is 197 cm³/mol. The average molecular weight is 726 g/mol. The lowest BCUT2D eigenvalue weighted by Gasteiger charge is -2.39. The van der Waals surface area contributed by atoms with Gasteiger partial charge in [0.25, 0.3) is 5.91 Å². The Balaban J connectivity index is 1.36. The van der Waals surface area contributed by atoms with E-state index in [0.717, 1.165) is 5.56 Å². The van der Waals surface area contributed by atoms with E-state index in [9.17, 15) is 24.3 Å². The summed E-state index contributed by atoms with van der Waals surface area (Å²) >= 11 is 6.19. The Labute approximate surface area is 309 Å². The molecular weight excluding hydrogens is 682 g/mol. The summed E-state index contributed by atoms with van der Waals surface area (Å²) in [5, 5.41) is 14.2. The van der Waals surface area contributed by atoms with Crippen molar-refractivity contribution in [1.29, 1.82) is 0 Å². The summed E-state index contributed by atoms with van der Waals surface area (Å²) in [6.07, 6.45) is 3.58. The minimum Gasteiger partial charge on any atom is -0.455 e. The number of allylic oxidation sites excluding steroid dienone is 1. The fourth-order valence-electron chi connectivity index (χ4n) is 8.03. The molecular formula is C41H44ClN3O7. The number of likely N-dealkylation sites (tertiary alicyclic amines) is 1. The Morgan fingerprint density at radius 2 is 1.73 bits per heavy atom. The molecule has 0 saturated carbocycles. The van der Waals surface area contributed by atoms with Gasteiger partial charge in [-0.25, -0.2) is 0 Å². The van der Waals surface area contributed by atoms with Gasteiger partial charge in [0.1, 0.15) is 17.7 Å². The lowest BCUT2D eigenvalue weighted by molar-refractivity contribution is -0.161. The largest absolute Gasteiger partial charge is 0.455 e. The molecule has 0 radical (unpaired) electrons. The van der Waals surface area contributed by atoms with E-state index in [4.69, 9.17) is 21.1 Å². The van der Waals surface area contributed by atoms with Crippen LogP contribution in [0.3, 0.4) is 0 Å². The molecule has 3 fully saturated rings. The van der Waals surface area contributed by atoms with Crippen LogP contribution in [0, 0.1) is 11.8 Å². The maximum absolute atomic E-state index is 15.0. The molecule has 52 heavy (non-hydrogen) atoms. The van der Waals surface area contributed by atoms with Gasteiger partial charge in [-0.15, -0.1) is 13.2 Å². The number of esters is 1. The number of anilines is 1. The fourth-order valence-corrected chi connectivity index (χ4v) is 8.16. The summed E-state index contributed by atoms with van der Waals surface area (Å²) in [7, 11) is 0. The first-order valence-corrected chi connectivity index (χ1v) is 18.1. The molecule has 3 saturated heterocycles. The molecule has 10 nitrogen and oxygen atoms in total. The zero-order valence-corrected chi connectivity index (χ0v) is 29.7. The number of nitrogens with one attached hydrogen (secondary N) is 1. The van der Waals surface area contributed by atoms with Gasteiger partial charge >= 0.3 is 5.97 Å². The lowest BCUT2D eigenvalue weighted by atomic mass is 9.70. The molecule has 272 valence electrons. The van der Waals surface area contributed by atoms with Crippen LogP contribution in [0.25, 0.3) is 0 Å². The van der Waals surface area contributed by atoms with Crippen molar-refractivity contribution < 1.29 is 33.8 Å². The van der Waals surface area contributed by atoms with Gasteiger partial charge in [0, 0.05) is 23.7 Å². The van der Waals surface area contributed by atoms with Crippen LogP contribution in [0.2, 0.25) is 5.02 Å². The Bertz CT molecular complexity index is 1770. The maximum atomic E-state index is 15.0. The van der Waals surface area contributed by atoms with Crippen LogP contribution in [0.15, 0.2) is 110 Å². The Kier molecular flexibility index (Phi) is 11.6. The van der Waals surface area contributed by atoms with Crippen molar-refractivity contribution in [2.75, 3.05) is 24.6 Å².